The summed E-state index contributed by atoms with van der Waals surface area (Å²) in [5.41, 5.74) is 16.6. The second kappa shape index (κ2) is 17.7. The fraction of sp³-hybridized carbons (Fsp3) is 0.0893. The van der Waals surface area contributed by atoms with Gasteiger partial charge in [0.15, 0.2) is 0 Å². The van der Waals surface area contributed by atoms with Crippen molar-refractivity contribution in [1.82, 2.24) is 65.2 Å². The summed E-state index contributed by atoms with van der Waals surface area (Å²) in [5.74, 6) is -0.230. The molecule has 1 aliphatic rings. The summed E-state index contributed by atoms with van der Waals surface area (Å²) in [6.45, 7) is 3.14. The topological polar surface area (TPSA) is 199 Å². The Morgan fingerprint density at radius 2 is 1.32 bits per heavy atom. The second-order valence-electron chi connectivity index (χ2n) is 18.2. The smallest absolute Gasteiger partial charge is 0.255 e. The normalized spacial score (nSPS) is 13.0. The molecular formula is C56H40N14OS2. The highest BCUT2D eigenvalue weighted by Crippen LogP contribution is 2.42. The van der Waals surface area contributed by atoms with E-state index >= 15 is 0 Å². The molecule has 12 aromatic heterocycles. The van der Waals surface area contributed by atoms with Crippen molar-refractivity contribution in [2.75, 3.05) is 18.4 Å². The number of aromatic nitrogens is 12. The summed E-state index contributed by atoms with van der Waals surface area (Å²) >= 11 is 3.22. The molecule has 13 heterocycles. The van der Waals surface area contributed by atoms with Gasteiger partial charge in [0.05, 0.1) is 68.2 Å². The summed E-state index contributed by atoms with van der Waals surface area (Å²) in [4.78, 5) is 52.9. The summed E-state index contributed by atoms with van der Waals surface area (Å²) < 4.78 is 0. The monoisotopic (exact) mass is 988 g/mol. The average Bonchev–Trinajstić information content (AvgIpc) is 4.29. The van der Waals surface area contributed by atoms with Crippen LogP contribution in [0.25, 0.3) is 122 Å². The standard InChI is InChI=1S/C56H40N14OS2/c71-56(32-6-2-1-3-7-32)62-37-17-35(25-58-26-37)45-22-41-53(47-20-38-42(64-47)8-11-59-50(38)33-10-15-72-29-33)68-69-54(41)55(65-45)49-18-36(30-73-49)51-39-21-46(63-43(39)9-12-60-51)52-40-19-44(61-27-48(40)66-67-52)34-16-31(23-57-24-34)28-70-13-4-5-14-70/h1-3,6-12,15-27,29-30,63-64H,4-5,13-14,28H2,(H,62,71)(H,66,67)(H,68,69). The van der Waals surface area contributed by atoms with Gasteiger partial charge in [0, 0.05) is 109 Å². The van der Waals surface area contributed by atoms with Gasteiger partial charge in [0.1, 0.15) is 17.1 Å². The molecule has 0 saturated carbocycles. The first kappa shape index (κ1) is 42.8. The van der Waals surface area contributed by atoms with Gasteiger partial charge in [-0.3, -0.25) is 44.8 Å². The quantitative estimate of drug-likeness (QED) is 0.0831. The zero-order valence-corrected chi connectivity index (χ0v) is 40.4. The van der Waals surface area contributed by atoms with Crippen LogP contribution in [0.2, 0.25) is 0 Å². The average molecular weight is 989 g/mol. The van der Waals surface area contributed by atoms with Gasteiger partial charge in [0.2, 0.25) is 0 Å². The molecule has 1 aliphatic heterocycles. The van der Waals surface area contributed by atoms with Crippen LogP contribution >= 0.6 is 22.7 Å². The highest BCUT2D eigenvalue weighted by Gasteiger charge is 2.23. The van der Waals surface area contributed by atoms with E-state index in [2.05, 4.69) is 92.9 Å². The number of hydrogen-bond acceptors (Lipinski definition) is 12. The molecule has 1 saturated heterocycles. The van der Waals surface area contributed by atoms with Crippen LogP contribution in [0.15, 0.2) is 151 Å². The number of carbonyl (C=O) groups excluding carboxylic acids is 1. The molecule has 15 nitrogen and oxygen atoms in total. The van der Waals surface area contributed by atoms with E-state index in [1.54, 1.807) is 47.2 Å². The number of anilines is 1. The Labute approximate surface area is 423 Å². The largest absolute Gasteiger partial charge is 0.353 e. The van der Waals surface area contributed by atoms with Crippen molar-refractivity contribution in [1.29, 1.82) is 0 Å². The first-order valence-corrected chi connectivity index (χ1v) is 25.6. The third-order valence-corrected chi connectivity index (χ3v) is 15.2. The van der Waals surface area contributed by atoms with Crippen LogP contribution in [0.3, 0.4) is 0 Å². The minimum absolute atomic E-state index is 0.230. The first-order valence-electron chi connectivity index (χ1n) is 23.8. The van der Waals surface area contributed by atoms with Crippen LogP contribution in [0, 0.1) is 0 Å². The molecule has 14 rings (SSSR count). The van der Waals surface area contributed by atoms with Crippen LogP contribution in [-0.2, 0) is 6.54 Å². The lowest BCUT2D eigenvalue weighted by molar-refractivity contribution is 0.102. The van der Waals surface area contributed by atoms with Gasteiger partial charge >= 0.3 is 0 Å². The molecule has 1 fully saturated rings. The van der Waals surface area contributed by atoms with E-state index in [0.29, 0.717) is 22.6 Å². The summed E-state index contributed by atoms with van der Waals surface area (Å²) in [5, 5.41) is 29.4. The van der Waals surface area contributed by atoms with E-state index in [4.69, 9.17) is 30.1 Å². The van der Waals surface area contributed by atoms with Crippen LogP contribution in [0.4, 0.5) is 5.69 Å². The number of amides is 1. The molecule has 352 valence electrons. The maximum absolute atomic E-state index is 13.3. The molecule has 5 N–H and O–H groups in total. The van der Waals surface area contributed by atoms with E-state index in [-0.39, 0.29) is 5.91 Å². The summed E-state index contributed by atoms with van der Waals surface area (Å²) in [7, 11) is 0. The number of hydrogen-bond donors (Lipinski definition) is 5. The molecule has 73 heavy (non-hydrogen) atoms. The number of aromatic amines is 4. The van der Waals surface area contributed by atoms with Crippen molar-refractivity contribution in [2.24, 2.45) is 0 Å². The fourth-order valence-corrected chi connectivity index (χ4v) is 11.5. The summed E-state index contributed by atoms with van der Waals surface area (Å²) in [6.07, 6.45) is 15.2. The van der Waals surface area contributed by atoms with Gasteiger partial charge in [-0.25, -0.2) is 4.98 Å². The van der Waals surface area contributed by atoms with Gasteiger partial charge in [-0.1, -0.05) is 18.2 Å². The number of nitrogens with one attached hydrogen (secondary N) is 5. The molecule has 0 radical (unpaired) electrons. The molecular weight excluding hydrogens is 949 g/mol. The predicted molar refractivity (Wildman–Crippen MR) is 289 cm³/mol. The van der Waals surface area contributed by atoms with E-state index in [0.717, 1.165) is 130 Å². The van der Waals surface area contributed by atoms with Crippen molar-refractivity contribution in [3.05, 3.63) is 162 Å². The maximum Gasteiger partial charge on any atom is 0.255 e. The third-order valence-electron chi connectivity index (χ3n) is 13.5. The molecule has 0 bridgehead atoms. The van der Waals surface area contributed by atoms with Crippen molar-refractivity contribution in [3.63, 3.8) is 0 Å². The summed E-state index contributed by atoms with van der Waals surface area (Å²) in [6, 6.07) is 29.8. The highest BCUT2D eigenvalue weighted by atomic mass is 32.1. The number of benzene rings is 1. The third kappa shape index (κ3) is 7.82. The number of fused-ring (bicyclic) bond motifs is 4. The molecule has 17 heteroatoms. The van der Waals surface area contributed by atoms with E-state index in [9.17, 15) is 4.79 Å². The molecule has 1 aromatic carbocycles. The minimum Gasteiger partial charge on any atom is -0.353 e. The van der Waals surface area contributed by atoms with Crippen molar-refractivity contribution >= 4 is 77.9 Å². The highest BCUT2D eigenvalue weighted by molar-refractivity contribution is 7.14. The van der Waals surface area contributed by atoms with E-state index in [1.165, 1.54) is 18.4 Å². The van der Waals surface area contributed by atoms with Gasteiger partial charge in [0.25, 0.3) is 5.91 Å². The Morgan fingerprint density at radius 3 is 2.10 bits per heavy atom. The number of H-pyrrole nitrogens is 4. The predicted octanol–water partition coefficient (Wildman–Crippen LogP) is 12.4. The lowest BCUT2D eigenvalue weighted by atomic mass is 10.1. The van der Waals surface area contributed by atoms with Crippen molar-refractivity contribution in [2.45, 2.75) is 19.4 Å². The van der Waals surface area contributed by atoms with Crippen molar-refractivity contribution in [3.8, 4) is 78.4 Å². The van der Waals surface area contributed by atoms with Crippen molar-refractivity contribution < 1.29 is 4.79 Å². The molecule has 0 atom stereocenters. The lowest BCUT2D eigenvalue weighted by Gasteiger charge is -2.14. The Morgan fingerprint density at radius 1 is 0.603 bits per heavy atom. The van der Waals surface area contributed by atoms with Gasteiger partial charge in [-0.15, -0.1) is 11.3 Å². The van der Waals surface area contributed by atoms with Crippen LogP contribution in [0.1, 0.15) is 28.8 Å². The lowest BCUT2D eigenvalue weighted by Crippen LogP contribution is -2.18. The molecule has 0 unspecified atom stereocenters. The molecule has 0 spiro atoms. The number of pyridine rings is 6. The Balaban J connectivity index is 0.842. The number of carbonyl (C=O) groups is 1. The zero-order chi connectivity index (χ0) is 48.4. The van der Waals surface area contributed by atoms with Crippen LogP contribution in [0.5, 0.6) is 0 Å². The first-order chi connectivity index (χ1) is 36.0. The number of thiophene rings is 2. The molecule has 1 amide bonds. The van der Waals surface area contributed by atoms with E-state index in [1.807, 2.05) is 73.4 Å². The Hall–Kier alpha value is -9.03. The van der Waals surface area contributed by atoms with Gasteiger partial charge in [-0.2, -0.15) is 21.5 Å². The van der Waals surface area contributed by atoms with Crippen LogP contribution in [-0.4, -0.2) is 84.2 Å². The minimum atomic E-state index is -0.230. The SMILES string of the molecule is O=C(Nc1cncc(-c2cc3c(-c4cc5c(-c6ccsc6)nccc5[nH]4)n[nH]c3c(-c3cc(-c4nccc5[nH]c(-c6n[nH]c7cnc(-c8cncc(CN9CCCC9)c8)cc67)cc45)cs3)n2)c1)c1ccccc1. The number of nitrogens with zero attached hydrogens (tertiary/aromatic N) is 9. The number of rotatable bonds is 11. The zero-order valence-electron chi connectivity index (χ0n) is 38.7. The molecule has 13 aromatic rings. The Kier molecular flexibility index (Phi) is 10.4. The van der Waals surface area contributed by atoms with Crippen LogP contribution < -0.4 is 5.32 Å². The number of likely N-dealkylation sites (tertiary alicyclic amines) is 1. The second-order valence-corrected chi connectivity index (χ2v) is 19.9. The Bertz CT molecular complexity index is 4220. The maximum atomic E-state index is 13.3. The van der Waals surface area contributed by atoms with Gasteiger partial charge in [-0.05, 0) is 110 Å². The van der Waals surface area contributed by atoms with E-state index < -0.39 is 0 Å². The fourth-order valence-electron chi connectivity index (χ4n) is 9.99. The van der Waals surface area contributed by atoms with Gasteiger partial charge < -0.3 is 15.3 Å². The molecule has 0 aliphatic carbocycles.